The first-order valence-corrected chi connectivity index (χ1v) is 28.5. The standard InChI is InChI=1S/C57H110O6/c1-4-7-10-13-16-19-22-25-27-28-29-30-31-33-36-39-42-45-48-51-57(60)63-54(52-61-55(58)49-46-43-40-37-34-24-21-18-15-12-9-6-3)53-62-56(59)50-47-44-41-38-35-32-26-23-20-17-14-11-8-5-2/h54H,4-53H2,1-3H3/t54-/m1/s1. The first-order valence-electron chi connectivity index (χ1n) is 28.5. The molecule has 0 amide bonds. The fourth-order valence-electron chi connectivity index (χ4n) is 8.80. The highest BCUT2D eigenvalue weighted by Gasteiger charge is 2.19. The number of hydrogen-bond acceptors (Lipinski definition) is 6. The van der Waals surface area contributed by atoms with Crippen LogP contribution >= 0.6 is 0 Å². The van der Waals surface area contributed by atoms with Gasteiger partial charge in [-0.3, -0.25) is 14.4 Å². The van der Waals surface area contributed by atoms with Crippen molar-refractivity contribution in [2.45, 2.75) is 335 Å². The Morgan fingerprint density at radius 1 is 0.254 bits per heavy atom. The van der Waals surface area contributed by atoms with E-state index in [1.807, 2.05) is 0 Å². The normalized spacial score (nSPS) is 11.9. The van der Waals surface area contributed by atoms with Gasteiger partial charge in [0.2, 0.25) is 0 Å². The molecule has 0 rings (SSSR count). The van der Waals surface area contributed by atoms with E-state index in [0.717, 1.165) is 57.8 Å². The van der Waals surface area contributed by atoms with Gasteiger partial charge < -0.3 is 14.2 Å². The van der Waals surface area contributed by atoms with Crippen LogP contribution < -0.4 is 0 Å². The zero-order valence-corrected chi connectivity index (χ0v) is 42.9. The van der Waals surface area contributed by atoms with Gasteiger partial charge in [0.05, 0.1) is 0 Å². The second-order valence-corrected chi connectivity index (χ2v) is 19.6. The maximum absolute atomic E-state index is 12.8. The topological polar surface area (TPSA) is 78.9 Å². The predicted molar refractivity (Wildman–Crippen MR) is 270 cm³/mol. The number of carbonyl (C=O) groups is 3. The Morgan fingerprint density at radius 3 is 0.635 bits per heavy atom. The zero-order chi connectivity index (χ0) is 45.8. The van der Waals surface area contributed by atoms with Crippen molar-refractivity contribution >= 4 is 17.9 Å². The lowest BCUT2D eigenvalue weighted by molar-refractivity contribution is -0.167. The van der Waals surface area contributed by atoms with Crippen molar-refractivity contribution in [2.24, 2.45) is 0 Å². The zero-order valence-electron chi connectivity index (χ0n) is 42.9. The first kappa shape index (κ1) is 61.4. The van der Waals surface area contributed by atoms with Crippen molar-refractivity contribution in [3.05, 3.63) is 0 Å². The molecule has 374 valence electrons. The van der Waals surface area contributed by atoms with E-state index in [-0.39, 0.29) is 31.1 Å². The number of carbonyl (C=O) groups excluding carboxylic acids is 3. The molecule has 0 spiro atoms. The van der Waals surface area contributed by atoms with E-state index in [2.05, 4.69) is 20.8 Å². The molecular weight excluding hydrogens is 781 g/mol. The lowest BCUT2D eigenvalue weighted by atomic mass is 10.0. The average Bonchev–Trinajstić information content (AvgIpc) is 3.28. The number of hydrogen-bond donors (Lipinski definition) is 0. The maximum Gasteiger partial charge on any atom is 0.306 e. The van der Waals surface area contributed by atoms with Gasteiger partial charge in [0.15, 0.2) is 6.10 Å². The molecule has 0 N–H and O–H groups in total. The summed E-state index contributed by atoms with van der Waals surface area (Å²) in [5.41, 5.74) is 0. The average molecular weight is 892 g/mol. The van der Waals surface area contributed by atoms with Gasteiger partial charge in [-0.2, -0.15) is 0 Å². The van der Waals surface area contributed by atoms with E-state index in [1.54, 1.807) is 0 Å². The molecule has 0 aromatic carbocycles. The Morgan fingerprint density at radius 2 is 0.429 bits per heavy atom. The van der Waals surface area contributed by atoms with Crippen LogP contribution in [0.15, 0.2) is 0 Å². The van der Waals surface area contributed by atoms with Crippen LogP contribution in [0.2, 0.25) is 0 Å². The molecule has 0 radical (unpaired) electrons. The van der Waals surface area contributed by atoms with Crippen molar-refractivity contribution in [2.75, 3.05) is 13.2 Å². The van der Waals surface area contributed by atoms with Crippen LogP contribution in [0.3, 0.4) is 0 Å². The molecule has 0 aromatic rings. The van der Waals surface area contributed by atoms with Gasteiger partial charge in [0, 0.05) is 19.3 Å². The van der Waals surface area contributed by atoms with Gasteiger partial charge in [0.25, 0.3) is 0 Å². The van der Waals surface area contributed by atoms with Crippen LogP contribution in [0.25, 0.3) is 0 Å². The van der Waals surface area contributed by atoms with E-state index in [4.69, 9.17) is 14.2 Å². The molecule has 0 aliphatic rings. The van der Waals surface area contributed by atoms with Gasteiger partial charge >= 0.3 is 17.9 Å². The Kier molecular flexibility index (Phi) is 51.7. The summed E-state index contributed by atoms with van der Waals surface area (Å²) in [5, 5.41) is 0. The van der Waals surface area contributed by atoms with Crippen molar-refractivity contribution in [3.63, 3.8) is 0 Å². The summed E-state index contributed by atoms with van der Waals surface area (Å²) in [6.07, 6.45) is 58.0. The SMILES string of the molecule is CCCCCCCCCCCCCCCCCCCCCC(=O)O[C@H](COC(=O)CCCCCCCCCCCCCC)COC(=O)CCCCCCCCCCCCCCCC. The molecule has 1 atom stereocenters. The summed E-state index contributed by atoms with van der Waals surface area (Å²) in [7, 11) is 0. The van der Waals surface area contributed by atoms with Crippen LogP contribution in [0.5, 0.6) is 0 Å². The van der Waals surface area contributed by atoms with Crippen LogP contribution in [0, 0.1) is 0 Å². The van der Waals surface area contributed by atoms with Crippen LogP contribution in [-0.2, 0) is 28.6 Å². The molecule has 0 heterocycles. The first-order chi connectivity index (χ1) is 31.0. The van der Waals surface area contributed by atoms with Gasteiger partial charge in [0.1, 0.15) is 13.2 Å². The number of unbranched alkanes of at least 4 members (excludes halogenated alkanes) is 42. The van der Waals surface area contributed by atoms with E-state index in [0.29, 0.717) is 19.3 Å². The summed E-state index contributed by atoms with van der Waals surface area (Å²) in [5.74, 6) is -0.834. The van der Waals surface area contributed by atoms with Crippen molar-refractivity contribution in [1.82, 2.24) is 0 Å². The van der Waals surface area contributed by atoms with E-state index >= 15 is 0 Å². The van der Waals surface area contributed by atoms with Crippen molar-refractivity contribution < 1.29 is 28.6 Å². The number of ether oxygens (including phenoxy) is 3. The largest absolute Gasteiger partial charge is 0.462 e. The molecule has 0 aliphatic heterocycles. The molecule has 6 heteroatoms. The third-order valence-electron chi connectivity index (χ3n) is 13.1. The minimum Gasteiger partial charge on any atom is -0.462 e. The molecular formula is C57H110O6. The molecule has 6 nitrogen and oxygen atoms in total. The van der Waals surface area contributed by atoms with Crippen molar-refractivity contribution in [3.8, 4) is 0 Å². The molecule has 0 aliphatic carbocycles. The molecule has 0 aromatic heterocycles. The molecule has 0 unspecified atom stereocenters. The minimum absolute atomic E-state index is 0.0613. The fraction of sp³-hybridized carbons (Fsp3) is 0.947. The van der Waals surface area contributed by atoms with E-state index in [9.17, 15) is 14.4 Å². The van der Waals surface area contributed by atoms with Crippen molar-refractivity contribution in [1.29, 1.82) is 0 Å². The molecule has 0 saturated heterocycles. The Bertz CT molecular complexity index is 936. The van der Waals surface area contributed by atoms with Gasteiger partial charge in [-0.05, 0) is 19.3 Å². The molecule has 0 fully saturated rings. The van der Waals surface area contributed by atoms with Gasteiger partial charge in [-0.1, -0.05) is 290 Å². The quantitative estimate of drug-likeness (QED) is 0.0344. The van der Waals surface area contributed by atoms with E-state index < -0.39 is 6.10 Å². The minimum atomic E-state index is -0.760. The number of esters is 3. The van der Waals surface area contributed by atoms with Crippen LogP contribution in [0.1, 0.15) is 329 Å². The Hall–Kier alpha value is -1.59. The predicted octanol–water partition coefficient (Wildman–Crippen LogP) is 18.8. The summed E-state index contributed by atoms with van der Waals surface area (Å²) in [4.78, 5) is 38.1. The van der Waals surface area contributed by atoms with Crippen LogP contribution in [0.4, 0.5) is 0 Å². The highest BCUT2D eigenvalue weighted by molar-refractivity contribution is 5.71. The number of rotatable bonds is 53. The Balaban J connectivity index is 4.26. The van der Waals surface area contributed by atoms with E-state index in [1.165, 1.54) is 231 Å². The second kappa shape index (κ2) is 53.0. The second-order valence-electron chi connectivity index (χ2n) is 19.6. The summed E-state index contributed by atoms with van der Waals surface area (Å²) in [6, 6.07) is 0. The lowest BCUT2D eigenvalue weighted by Gasteiger charge is -2.18. The smallest absolute Gasteiger partial charge is 0.306 e. The maximum atomic E-state index is 12.8. The lowest BCUT2D eigenvalue weighted by Crippen LogP contribution is -2.30. The third kappa shape index (κ3) is 51.3. The van der Waals surface area contributed by atoms with Gasteiger partial charge in [-0.25, -0.2) is 0 Å². The summed E-state index contributed by atoms with van der Waals surface area (Å²) >= 11 is 0. The Labute approximate surface area is 393 Å². The van der Waals surface area contributed by atoms with Crippen LogP contribution in [-0.4, -0.2) is 37.2 Å². The third-order valence-corrected chi connectivity index (χ3v) is 13.1. The fourth-order valence-corrected chi connectivity index (χ4v) is 8.80. The van der Waals surface area contributed by atoms with Gasteiger partial charge in [-0.15, -0.1) is 0 Å². The molecule has 0 bridgehead atoms. The monoisotopic (exact) mass is 891 g/mol. The molecule has 63 heavy (non-hydrogen) atoms. The molecule has 0 saturated carbocycles. The highest BCUT2D eigenvalue weighted by atomic mass is 16.6. The summed E-state index contributed by atoms with van der Waals surface area (Å²) in [6.45, 7) is 6.70. The highest BCUT2D eigenvalue weighted by Crippen LogP contribution is 2.18. The summed E-state index contributed by atoms with van der Waals surface area (Å²) < 4.78 is 16.9.